The molecule has 2 aromatic carbocycles. The van der Waals surface area contributed by atoms with Crippen LogP contribution in [0.15, 0.2) is 74.3 Å². The lowest BCUT2D eigenvalue weighted by molar-refractivity contribution is 0.102. The molecule has 1 aliphatic rings. The fourth-order valence-electron chi connectivity index (χ4n) is 4.09. The molecule has 1 N–H and O–H groups in total. The number of anilines is 2. The van der Waals surface area contributed by atoms with Crippen molar-refractivity contribution in [3.05, 3.63) is 81.1 Å². The summed E-state index contributed by atoms with van der Waals surface area (Å²) < 4.78 is 6.14. The first-order valence-electron chi connectivity index (χ1n) is 11.2. The van der Waals surface area contributed by atoms with Gasteiger partial charge >= 0.3 is 5.63 Å². The van der Waals surface area contributed by atoms with Crippen LogP contribution in [0.2, 0.25) is 0 Å². The van der Waals surface area contributed by atoms with Crippen LogP contribution in [0.5, 0.6) is 0 Å². The van der Waals surface area contributed by atoms with E-state index in [2.05, 4.69) is 43.3 Å². The Morgan fingerprint density at radius 3 is 2.65 bits per heavy atom. The van der Waals surface area contributed by atoms with Gasteiger partial charge in [-0.2, -0.15) is 0 Å². The van der Waals surface area contributed by atoms with E-state index in [9.17, 15) is 9.59 Å². The van der Waals surface area contributed by atoms with Gasteiger partial charge in [0.2, 0.25) is 0 Å². The van der Waals surface area contributed by atoms with E-state index < -0.39 is 11.5 Å². The smallest absolute Gasteiger partial charge is 0.349 e. The van der Waals surface area contributed by atoms with E-state index in [1.54, 1.807) is 24.3 Å². The minimum absolute atomic E-state index is 0.0593. The molecule has 1 saturated heterocycles. The predicted molar refractivity (Wildman–Crippen MR) is 136 cm³/mol. The number of hydrogen-bond donors (Lipinski definition) is 1. The summed E-state index contributed by atoms with van der Waals surface area (Å²) in [6, 6.07) is 18.0. The van der Waals surface area contributed by atoms with Crippen LogP contribution in [-0.2, 0) is 0 Å². The highest BCUT2D eigenvalue weighted by molar-refractivity contribution is 9.10. The van der Waals surface area contributed by atoms with Crippen molar-refractivity contribution >= 4 is 44.3 Å². The van der Waals surface area contributed by atoms with Crippen molar-refractivity contribution in [2.75, 3.05) is 23.3 Å². The van der Waals surface area contributed by atoms with Crippen molar-refractivity contribution in [2.45, 2.75) is 19.8 Å². The molecular weight excluding hydrogens is 496 g/mol. The number of amides is 1. The lowest BCUT2D eigenvalue weighted by Gasteiger charge is -2.30. The first kappa shape index (κ1) is 22.3. The molecule has 1 fully saturated rings. The number of piperidine rings is 1. The van der Waals surface area contributed by atoms with Crippen LogP contribution in [0, 0.1) is 5.92 Å². The summed E-state index contributed by atoms with van der Waals surface area (Å²) in [4.78, 5) is 27.5. The topological polar surface area (TPSA) is 88.3 Å². The maximum Gasteiger partial charge on any atom is 0.349 e. The number of benzene rings is 2. The monoisotopic (exact) mass is 518 g/mol. The van der Waals surface area contributed by atoms with Crippen molar-refractivity contribution in [3.63, 3.8) is 0 Å². The van der Waals surface area contributed by atoms with Gasteiger partial charge in [-0.25, -0.2) is 4.79 Å². The third-order valence-corrected chi connectivity index (χ3v) is 6.61. The number of hydrogen-bond acceptors (Lipinski definition) is 6. The molecule has 7 nitrogen and oxygen atoms in total. The van der Waals surface area contributed by atoms with Gasteiger partial charge in [0.1, 0.15) is 11.1 Å². The highest BCUT2D eigenvalue weighted by atomic mass is 79.9. The molecular formula is C26H23BrN4O3. The molecule has 5 rings (SSSR count). The van der Waals surface area contributed by atoms with Gasteiger partial charge in [0.25, 0.3) is 5.91 Å². The first-order valence-corrected chi connectivity index (χ1v) is 12.0. The van der Waals surface area contributed by atoms with Gasteiger partial charge in [-0.05, 0) is 67.3 Å². The largest absolute Gasteiger partial charge is 0.422 e. The highest BCUT2D eigenvalue weighted by Crippen LogP contribution is 2.25. The minimum Gasteiger partial charge on any atom is -0.422 e. The Bertz CT molecular complexity index is 1410. The number of carbonyl (C=O) groups excluding carboxylic acids is 1. The molecule has 1 aliphatic heterocycles. The number of aromatic nitrogens is 2. The highest BCUT2D eigenvalue weighted by Gasteiger charge is 2.18. The fourth-order valence-corrected chi connectivity index (χ4v) is 4.47. The molecule has 1 amide bonds. The van der Waals surface area contributed by atoms with Crippen LogP contribution in [0.1, 0.15) is 30.1 Å². The average molecular weight is 519 g/mol. The third-order valence-electron chi connectivity index (χ3n) is 6.11. The zero-order chi connectivity index (χ0) is 23.7. The Kier molecular flexibility index (Phi) is 6.15. The molecule has 172 valence electrons. The van der Waals surface area contributed by atoms with Crippen LogP contribution in [0.4, 0.5) is 11.5 Å². The van der Waals surface area contributed by atoms with Crippen LogP contribution >= 0.6 is 15.9 Å². The third kappa shape index (κ3) is 4.72. The summed E-state index contributed by atoms with van der Waals surface area (Å²) in [5, 5.41) is 12.3. The standard InChI is InChI=1S/C26H23BrN4O3/c1-16-9-11-31(12-10-16)24-8-6-22(29-30-24)17-3-2-4-20(14-17)28-25(32)21-15-18-13-19(27)5-7-23(18)34-26(21)33/h2-8,13-16H,9-12H2,1H3,(H,28,32). The molecule has 0 unspecified atom stereocenters. The first-order chi connectivity index (χ1) is 16.5. The van der Waals surface area contributed by atoms with Gasteiger partial charge in [-0.15, -0.1) is 10.2 Å². The number of rotatable bonds is 4. The summed E-state index contributed by atoms with van der Waals surface area (Å²) in [6.07, 6.45) is 2.33. The van der Waals surface area contributed by atoms with E-state index in [1.807, 2.05) is 30.3 Å². The van der Waals surface area contributed by atoms with Crippen molar-refractivity contribution in [1.29, 1.82) is 0 Å². The number of halogens is 1. The molecule has 0 atom stereocenters. The van der Waals surface area contributed by atoms with Gasteiger partial charge in [0.05, 0.1) is 5.69 Å². The zero-order valence-electron chi connectivity index (χ0n) is 18.6. The Labute approximate surface area is 204 Å². The molecule has 8 heteroatoms. The average Bonchev–Trinajstić information content (AvgIpc) is 2.84. The van der Waals surface area contributed by atoms with Crippen molar-refractivity contribution in [2.24, 2.45) is 5.92 Å². The molecule has 0 radical (unpaired) electrons. The predicted octanol–water partition coefficient (Wildman–Crippen LogP) is 5.50. The van der Waals surface area contributed by atoms with Crippen molar-refractivity contribution < 1.29 is 9.21 Å². The van der Waals surface area contributed by atoms with Gasteiger partial charge in [0.15, 0.2) is 5.82 Å². The summed E-state index contributed by atoms with van der Waals surface area (Å²) in [5.74, 6) is 1.10. The Hall–Kier alpha value is -3.52. The fraction of sp³-hybridized carbons (Fsp3) is 0.231. The van der Waals surface area contributed by atoms with Crippen LogP contribution in [-0.4, -0.2) is 29.2 Å². The molecule has 2 aromatic heterocycles. The lowest BCUT2D eigenvalue weighted by Crippen LogP contribution is -2.33. The second-order valence-electron chi connectivity index (χ2n) is 8.61. The van der Waals surface area contributed by atoms with Crippen molar-refractivity contribution in [1.82, 2.24) is 10.2 Å². The van der Waals surface area contributed by atoms with Gasteiger partial charge in [0, 0.05) is 34.2 Å². The van der Waals surface area contributed by atoms with Crippen LogP contribution < -0.4 is 15.8 Å². The van der Waals surface area contributed by atoms with E-state index in [1.165, 1.54) is 6.07 Å². The second kappa shape index (κ2) is 9.38. The normalized spacial score (nSPS) is 14.4. The molecule has 0 aliphatic carbocycles. The number of carbonyl (C=O) groups is 1. The van der Waals surface area contributed by atoms with E-state index in [0.29, 0.717) is 22.4 Å². The van der Waals surface area contributed by atoms with E-state index in [4.69, 9.17) is 4.42 Å². The summed E-state index contributed by atoms with van der Waals surface area (Å²) in [7, 11) is 0. The molecule has 0 saturated carbocycles. The molecule has 0 spiro atoms. The maximum absolute atomic E-state index is 12.8. The zero-order valence-corrected chi connectivity index (χ0v) is 20.2. The quantitative estimate of drug-likeness (QED) is 0.358. The second-order valence-corrected chi connectivity index (χ2v) is 9.53. The molecule has 3 heterocycles. The summed E-state index contributed by atoms with van der Waals surface area (Å²) in [6.45, 7) is 4.27. The van der Waals surface area contributed by atoms with E-state index in [0.717, 1.165) is 47.7 Å². The minimum atomic E-state index is -0.683. The molecule has 34 heavy (non-hydrogen) atoms. The number of fused-ring (bicyclic) bond motifs is 1. The van der Waals surface area contributed by atoms with Crippen LogP contribution in [0.25, 0.3) is 22.2 Å². The number of nitrogens with zero attached hydrogens (tertiary/aromatic N) is 3. The van der Waals surface area contributed by atoms with E-state index >= 15 is 0 Å². The SMILES string of the molecule is CC1CCN(c2ccc(-c3cccc(NC(=O)c4cc5cc(Br)ccc5oc4=O)c3)nn2)CC1. The Morgan fingerprint density at radius 1 is 1.06 bits per heavy atom. The lowest BCUT2D eigenvalue weighted by atomic mass is 9.99. The summed E-state index contributed by atoms with van der Waals surface area (Å²) >= 11 is 3.39. The van der Waals surface area contributed by atoms with Gasteiger partial charge in [-0.1, -0.05) is 35.0 Å². The maximum atomic E-state index is 12.8. The Balaban J connectivity index is 1.34. The van der Waals surface area contributed by atoms with E-state index in [-0.39, 0.29) is 5.56 Å². The van der Waals surface area contributed by atoms with Crippen LogP contribution in [0.3, 0.4) is 0 Å². The van der Waals surface area contributed by atoms with Crippen molar-refractivity contribution in [3.8, 4) is 11.3 Å². The Morgan fingerprint density at radius 2 is 1.88 bits per heavy atom. The number of nitrogens with one attached hydrogen (secondary N) is 1. The van der Waals surface area contributed by atoms with Gasteiger partial charge < -0.3 is 14.6 Å². The van der Waals surface area contributed by atoms with Gasteiger partial charge in [-0.3, -0.25) is 4.79 Å². The summed E-state index contributed by atoms with van der Waals surface area (Å²) in [5.41, 5.74) is 1.76. The molecule has 0 bridgehead atoms. The molecule has 4 aromatic rings.